The Hall–Kier alpha value is 0.570. The zero-order valence-corrected chi connectivity index (χ0v) is 19.1. The average Bonchev–Trinajstić information content (AvgIpc) is 2.66. The van der Waals surface area contributed by atoms with Crippen LogP contribution in [0.2, 0.25) is 0 Å². The summed E-state index contributed by atoms with van der Waals surface area (Å²) >= 11 is 10.9. The van der Waals surface area contributed by atoms with E-state index in [1.54, 1.807) is 21.6 Å². The first kappa shape index (κ1) is 22.9. The summed E-state index contributed by atoms with van der Waals surface area (Å²) in [4.78, 5) is 15.4. The molecule has 2 aliphatic heterocycles. The van der Waals surface area contributed by atoms with Crippen molar-refractivity contribution in [2.75, 3.05) is 58.4 Å². The fraction of sp³-hybridized carbons (Fsp3) is 0.786. The van der Waals surface area contributed by atoms with E-state index in [4.69, 9.17) is 39.0 Å². The summed E-state index contributed by atoms with van der Waals surface area (Å²) in [5.74, 6) is -0.0908. The van der Waals surface area contributed by atoms with Gasteiger partial charge < -0.3 is 24.4 Å². The summed E-state index contributed by atoms with van der Waals surface area (Å²) in [5, 5.41) is 9.14. The van der Waals surface area contributed by atoms with E-state index < -0.39 is 5.97 Å². The third kappa shape index (κ3) is 8.72. The van der Waals surface area contributed by atoms with Gasteiger partial charge in [-0.1, -0.05) is 46.0 Å². The van der Waals surface area contributed by atoms with Crippen LogP contribution in [0.1, 0.15) is 6.42 Å². The number of rotatable bonds is 7. The fourth-order valence-electron chi connectivity index (χ4n) is 2.18. The Labute approximate surface area is 180 Å². The van der Waals surface area contributed by atoms with Gasteiger partial charge in [-0.3, -0.25) is 4.79 Å². The summed E-state index contributed by atoms with van der Waals surface area (Å²) in [5.41, 5.74) is 0. The van der Waals surface area contributed by atoms with Crippen molar-refractivity contribution in [2.24, 2.45) is 0 Å². The predicted octanol–water partition coefficient (Wildman–Crippen LogP) is 2.83. The molecular weight excluding hydrogens is 453 g/mol. The molecule has 2 aliphatic rings. The van der Waals surface area contributed by atoms with E-state index in [0.717, 1.165) is 34.8 Å². The van der Waals surface area contributed by atoms with Gasteiger partial charge in [-0.05, 0) is 21.6 Å². The number of aliphatic carboxylic acids is 1. The zero-order valence-electron chi connectivity index (χ0n) is 14.2. The number of nitrogens with zero attached hydrogens (tertiary/aromatic N) is 2. The SMILES string of the molecule is O=C(O)CC(CSSC(=S)N1CCOCC1)SSC(=S)N1CCOCC1. The molecule has 6 nitrogen and oxygen atoms in total. The van der Waals surface area contributed by atoms with Crippen LogP contribution < -0.4 is 0 Å². The highest BCUT2D eigenvalue weighted by Crippen LogP contribution is 2.36. The second-order valence-electron chi connectivity index (χ2n) is 5.50. The lowest BCUT2D eigenvalue weighted by Gasteiger charge is -2.29. The van der Waals surface area contributed by atoms with Gasteiger partial charge in [0.2, 0.25) is 0 Å². The van der Waals surface area contributed by atoms with Crippen molar-refractivity contribution in [3.05, 3.63) is 0 Å². The van der Waals surface area contributed by atoms with Crippen LogP contribution in [0.4, 0.5) is 0 Å². The molecule has 1 N–H and O–H groups in total. The maximum atomic E-state index is 11.2. The summed E-state index contributed by atoms with van der Waals surface area (Å²) in [6.45, 7) is 6.04. The first-order chi connectivity index (χ1) is 12.6. The Bertz CT molecular complexity index is 486. The number of thiocarbonyl (C=S) groups is 2. The second-order valence-corrected chi connectivity index (χ2v) is 11.6. The highest BCUT2D eigenvalue weighted by molar-refractivity contribution is 8.85. The van der Waals surface area contributed by atoms with E-state index in [0.29, 0.717) is 32.2 Å². The smallest absolute Gasteiger partial charge is 0.304 e. The first-order valence-electron chi connectivity index (χ1n) is 8.14. The number of carboxylic acids is 1. The van der Waals surface area contributed by atoms with E-state index in [2.05, 4.69) is 9.80 Å². The van der Waals surface area contributed by atoms with E-state index in [9.17, 15) is 4.79 Å². The maximum Gasteiger partial charge on any atom is 0.304 e. The molecule has 0 bridgehead atoms. The summed E-state index contributed by atoms with van der Waals surface area (Å²) in [7, 11) is 6.19. The quantitative estimate of drug-likeness (QED) is 0.436. The molecule has 0 saturated carbocycles. The molecule has 1 atom stereocenters. The number of carboxylic acid groups (broad SMARTS) is 1. The molecule has 0 aromatic carbocycles. The van der Waals surface area contributed by atoms with Crippen LogP contribution in [0.3, 0.4) is 0 Å². The summed E-state index contributed by atoms with van der Waals surface area (Å²) in [6.07, 6.45) is 0.112. The van der Waals surface area contributed by atoms with Crippen LogP contribution in [0.25, 0.3) is 0 Å². The molecule has 2 fully saturated rings. The van der Waals surface area contributed by atoms with Gasteiger partial charge >= 0.3 is 5.97 Å². The third-order valence-corrected chi connectivity index (χ3v) is 10.4. The molecule has 26 heavy (non-hydrogen) atoms. The number of ether oxygens (including phenoxy) is 2. The molecule has 0 aromatic heterocycles. The highest BCUT2D eigenvalue weighted by atomic mass is 33.1. The van der Waals surface area contributed by atoms with Crippen molar-refractivity contribution >= 4 is 82.2 Å². The van der Waals surface area contributed by atoms with Gasteiger partial charge in [0, 0.05) is 37.2 Å². The van der Waals surface area contributed by atoms with Crippen molar-refractivity contribution in [1.29, 1.82) is 0 Å². The molecule has 2 rings (SSSR count). The van der Waals surface area contributed by atoms with Crippen LogP contribution in [0.15, 0.2) is 0 Å². The van der Waals surface area contributed by atoms with E-state index in [1.807, 2.05) is 0 Å². The highest BCUT2D eigenvalue weighted by Gasteiger charge is 2.21. The maximum absolute atomic E-state index is 11.2. The molecule has 148 valence electrons. The Balaban J connectivity index is 1.70. The van der Waals surface area contributed by atoms with Crippen molar-refractivity contribution in [1.82, 2.24) is 9.80 Å². The van der Waals surface area contributed by atoms with Gasteiger partial charge in [0.25, 0.3) is 0 Å². The summed E-state index contributed by atoms with van der Waals surface area (Å²) < 4.78 is 12.3. The molecule has 1 unspecified atom stereocenters. The van der Waals surface area contributed by atoms with Gasteiger partial charge in [0.15, 0.2) is 0 Å². The number of morpholine rings is 2. The topological polar surface area (TPSA) is 62.2 Å². The van der Waals surface area contributed by atoms with E-state index in [-0.39, 0.29) is 11.7 Å². The standard InChI is InChI=1S/C14H22N2O4S6/c17-12(18)9-11(24-26-14(22)16-3-7-20-8-4-16)10-23-25-13(21)15-1-5-19-6-2-15/h11H,1-10H2,(H,17,18). The molecule has 2 heterocycles. The third-order valence-electron chi connectivity index (χ3n) is 3.58. The Morgan fingerprint density at radius 2 is 1.46 bits per heavy atom. The van der Waals surface area contributed by atoms with Gasteiger partial charge in [0.1, 0.15) is 8.64 Å². The number of carbonyl (C=O) groups is 1. The average molecular weight is 475 g/mol. The van der Waals surface area contributed by atoms with Crippen LogP contribution in [-0.2, 0) is 14.3 Å². The lowest BCUT2D eigenvalue weighted by molar-refractivity contribution is -0.136. The minimum absolute atomic E-state index is 0.0264. The molecule has 0 amide bonds. The monoisotopic (exact) mass is 474 g/mol. The minimum Gasteiger partial charge on any atom is -0.481 e. The normalized spacial score (nSPS) is 19.2. The molecule has 12 heteroatoms. The van der Waals surface area contributed by atoms with Crippen molar-refractivity contribution in [3.63, 3.8) is 0 Å². The minimum atomic E-state index is -0.790. The lowest BCUT2D eigenvalue weighted by atomic mass is 10.3. The second kappa shape index (κ2) is 12.9. The van der Waals surface area contributed by atoms with Crippen LogP contribution in [-0.4, -0.2) is 93.1 Å². The largest absolute Gasteiger partial charge is 0.481 e. The van der Waals surface area contributed by atoms with E-state index >= 15 is 0 Å². The predicted molar refractivity (Wildman–Crippen MR) is 121 cm³/mol. The van der Waals surface area contributed by atoms with Crippen LogP contribution >= 0.6 is 67.6 Å². The lowest BCUT2D eigenvalue weighted by Crippen LogP contribution is -2.38. The zero-order chi connectivity index (χ0) is 18.8. The van der Waals surface area contributed by atoms with Crippen molar-refractivity contribution in [2.45, 2.75) is 11.7 Å². The Morgan fingerprint density at radius 3 is 1.96 bits per heavy atom. The Kier molecular flexibility index (Phi) is 11.4. The van der Waals surface area contributed by atoms with Gasteiger partial charge in [0.05, 0.1) is 32.8 Å². The number of hydrogen-bond donors (Lipinski definition) is 1. The Morgan fingerprint density at radius 1 is 0.962 bits per heavy atom. The fourth-order valence-corrected chi connectivity index (χ4v) is 8.45. The molecule has 0 aliphatic carbocycles. The van der Waals surface area contributed by atoms with E-state index in [1.165, 1.54) is 21.6 Å². The van der Waals surface area contributed by atoms with Crippen LogP contribution in [0.5, 0.6) is 0 Å². The molecular formula is C14H22N2O4S6. The molecule has 0 spiro atoms. The molecule has 0 aromatic rings. The first-order valence-corrected chi connectivity index (χ1v) is 13.5. The molecule has 0 radical (unpaired) electrons. The van der Waals surface area contributed by atoms with Gasteiger partial charge in [-0.25, -0.2) is 0 Å². The van der Waals surface area contributed by atoms with Gasteiger partial charge in [-0.2, -0.15) is 0 Å². The van der Waals surface area contributed by atoms with Crippen LogP contribution in [0, 0.1) is 0 Å². The summed E-state index contributed by atoms with van der Waals surface area (Å²) in [6, 6.07) is 0. The van der Waals surface area contributed by atoms with Gasteiger partial charge in [-0.15, -0.1) is 0 Å². The molecule has 2 saturated heterocycles. The number of hydrogen-bond acceptors (Lipinski definition) is 9. The van der Waals surface area contributed by atoms with Crippen molar-refractivity contribution < 1.29 is 19.4 Å². The van der Waals surface area contributed by atoms with Crippen molar-refractivity contribution in [3.8, 4) is 0 Å².